The summed E-state index contributed by atoms with van der Waals surface area (Å²) in [6.45, 7) is 3.17. The second-order valence-corrected chi connectivity index (χ2v) is 7.45. The standard InChI is InChI=1S/C17H19FN2OS2/c1-2-13-5-3-4-10-19(13)11-15-16(21)20(17(22)23-15)14-8-6-12(18)7-9-14/h6-9,11,13H,2-5,10H2,1H3/b15-11+. The van der Waals surface area contributed by atoms with Crippen molar-refractivity contribution in [2.24, 2.45) is 0 Å². The van der Waals surface area contributed by atoms with Gasteiger partial charge in [-0.25, -0.2) is 4.39 Å². The van der Waals surface area contributed by atoms with Crippen molar-refractivity contribution in [1.82, 2.24) is 4.90 Å². The van der Waals surface area contributed by atoms with Gasteiger partial charge < -0.3 is 4.90 Å². The number of piperidine rings is 1. The van der Waals surface area contributed by atoms with Crippen LogP contribution in [0.4, 0.5) is 10.1 Å². The van der Waals surface area contributed by atoms with Crippen molar-refractivity contribution in [2.45, 2.75) is 38.6 Å². The number of carbonyl (C=O) groups excluding carboxylic acids is 1. The van der Waals surface area contributed by atoms with E-state index in [-0.39, 0.29) is 11.7 Å². The molecule has 122 valence electrons. The first-order valence-corrected chi connectivity index (χ1v) is 9.12. The summed E-state index contributed by atoms with van der Waals surface area (Å²) in [5, 5.41) is 0. The Balaban J connectivity index is 1.83. The van der Waals surface area contributed by atoms with Crippen molar-refractivity contribution in [2.75, 3.05) is 11.4 Å². The predicted octanol–water partition coefficient (Wildman–Crippen LogP) is 4.30. The zero-order valence-electron chi connectivity index (χ0n) is 13.0. The van der Waals surface area contributed by atoms with Crippen molar-refractivity contribution in [3.8, 4) is 0 Å². The topological polar surface area (TPSA) is 23.6 Å². The maximum Gasteiger partial charge on any atom is 0.272 e. The van der Waals surface area contributed by atoms with Crippen LogP contribution in [0.2, 0.25) is 0 Å². The third kappa shape index (κ3) is 3.43. The number of nitrogens with zero attached hydrogens (tertiary/aromatic N) is 2. The number of carbonyl (C=O) groups is 1. The Labute approximate surface area is 145 Å². The molecular formula is C17H19FN2OS2. The zero-order chi connectivity index (χ0) is 16.4. The van der Waals surface area contributed by atoms with Gasteiger partial charge in [0.15, 0.2) is 4.32 Å². The van der Waals surface area contributed by atoms with Gasteiger partial charge in [-0.2, -0.15) is 0 Å². The highest BCUT2D eigenvalue weighted by molar-refractivity contribution is 8.27. The predicted molar refractivity (Wildman–Crippen MR) is 96.8 cm³/mol. The van der Waals surface area contributed by atoms with Gasteiger partial charge in [-0.05, 0) is 49.9 Å². The van der Waals surface area contributed by atoms with Crippen LogP contribution in [-0.2, 0) is 4.79 Å². The smallest absolute Gasteiger partial charge is 0.272 e. The van der Waals surface area contributed by atoms with Crippen LogP contribution in [-0.4, -0.2) is 27.7 Å². The van der Waals surface area contributed by atoms with Gasteiger partial charge in [0, 0.05) is 18.8 Å². The maximum absolute atomic E-state index is 13.1. The first-order valence-electron chi connectivity index (χ1n) is 7.89. The number of halogens is 1. The molecule has 3 rings (SSSR count). The monoisotopic (exact) mass is 350 g/mol. The highest BCUT2D eigenvalue weighted by Crippen LogP contribution is 2.36. The van der Waals surface area contributed by atoms with Crippen molar-refractivity contribution >= 4 is 39.9 Å². The molecule has 23 heavy (non-hydrogen) atoms. The van der Waals surface area contributed by atoms with Crippen LogP contribution < -0.4 is 4.90 Å². The number of hydrogen-bond acceptors (Lipinski definition) is 4. The van der Waals surface area contributed by atoms with Gasteiger partial charge >= 0.3 is 0 Å². The molecule has 2 fully saturated rings. The molecule has 1 unspecified atom stereocenters. The minimum absolute atomic E-state index is 0.118. The molecule has 0 radical (unpaired) electrons. The van der Waals surface area contributed by atoms with E-state index < -0.39 is 0 Å². The first-order chi connectivity index (χ1) is 11.1. The molecule has 0 saturated carbocycles. The molecule has 2 heterocycles. The van der Waals surface area contributed by atoms with Gasteiger partial charge in [0.05, 0.1) is 10.6 Å². The second-order valence-electron chi connectivity index (χ2n) is 5.77. The summed E-state index contributed by atoms with van der Waals surface area (Å²) in [5.74, 6) is -0.444. The Morgan fingerprint density at radius 2 is 2.09 bits per heavy atom. The van der Waals surface area contributed by atoms with E-state index in [0.29, 0.717) is 21.0 Å². The third-order valence-corrected chi connectivity index (χ3v) is 5.60. The third-order valence-electron chi connectivity index (χ3n) is 4.31. The van der Waals surface area contributed by atoms with Gasteiger partial charge in [-0.15, -0.1) is 0 Å². The molecule has 2 aliphatic heterocycles. The molecule has 0 N–H and O–H groups in total. The maximum atomic E-state index is 13.1. The highest BCUT2D eigenvalue weighted by atomic mass is 32.2. The lowest BCUT2D eigenvalue weighted by Gasteiger charge is -2.34. The molecule has 0 aliphatic carbocycles. The van der Waals surface area contributed by atoms with E-state index in [2.05, 4.69) is 11.8 Å². The Hall–Kier alpha value is -1.40. The van der Waals surface area contributed by atoms with Crippen LogP contribution in [0.15, 0.2) is 35.4 Å². The van der Waals surface area contributed by atoms with E-state index in [1.54, 1.807) is 12.1 Å². The lowest BCUT2D eigenvalue weighted by Crippen LogP contribution is -2.35. The lowest BCUT2D eigenvalue weighted by atomic mass is 10.0. The highest BCUT2D eigenvalue weighted by Gasteiger charge is 2.34. The van der Waals surface area contributed by atoms with Crippen molar-refractivity contribution in [1.29, 1.82) is 0 Å². The lowest BCUT2D eigenvalue weighted by molar-refractivity contribution is -0.113. The average molecular weight is 350 g/mol. The number of thioether (sulfide) groups is 1. The Morgan fingerprint density at radius 3 is 2.78 bits per heavy atom. The van der Waals surface area contributed by atoms with Crippen LogP contribution in [0.1, 0.15) is 32.6 Å². The number of amides is 1. The average Bonchev–Trinajstić information content (AvgIpc) is 2.83. The number of anilines is 1. The van der Waals surface area contributed by atoms with Gasteiger partial charge in [0.2, 0.25) is 0 Å². The van der Waals surface area contributed by atoms with E-state index in [1.807, 2.05) is 6.20 Å². The number of thiocarbonyl (C=S) groups is 1. The fourth-order valence-corrected chi connectivity index (χ4v) is 4.34. The molecule has 1 aromatic carbocycles. The molecule has 3 nitrogen and oxygen atoms in total. The molecule has 6 heteroatoms. The minimum Gasteiger partial charge on any atom is -0.373 e. The minimum atomic E-state index is -0.325. The molecule has 0 spiro atoms. The van der Waals surface area contributed by atoms with Gasteiger partial charge in [-0.1, -0.05) is 30.9 Å². The first kappa shape index (κ1) is 16.5. The van der Waals surface area contributed by atoms with Crippen LogP contribution in [0, 0.1) is 5.82 Å². The number of rotatable bonds is 3. The fourth-order valence-electron chi connectivity index (χ4n) is 3.05. The van der Waals surface area contributed by atoms with E-state index in [1.165, 1.54) is 41.6 Å². The van der Waals surface area contributed by atoms with Crippen LogP contribution >= 0.6 is 24.0 Å². The second kappa shape index (κ2) is 7.01. The van der Waals surface area contributed by atoms with Gasteiger partial charge in [-0.3, -0.25) is 9.69 Å². The molecule has 2 aliphatic rings. The molecule has 2 saturated heterocycles. The molecule has 0 bridgehead atoms. The van der Waals surface area contributed by atoms with Crippen LogP contribution in [0.3, 0.4) is 0 Å². The summed E-state index contributed by atoms with van der Waals surface area (Å²) in [6, 6.07) is 6.35. The number of benzene rings is 1. The van der Waals surface area contributed by atoms with Crippen LogP contribution in [0.25, 0.3) is 0 Å². The Kier molecular flexibility index (Phi) is 5.02. The largest absolute Gasteiger partial charge is 0.373 e. The summed E-state index contributed by atoms with van der Waals surface area (Å²) >= 11 is 6.67. The SMILES string of the molecule is CCC1CCCCN1/C=C1/SC(=S)N(c2ccc(F)cc2)C1=O. The van der Waals surface area contributed by atoms with E-state index in [4.69, 9.17) is 12.2 Å². The summed E-state index contributed by atoms with van der Waals surface area (Å²) < 4.78 is 13.6. The fraction of sp³-hybridized carbons (Fsp3) is 0.412. The zero-order valence-corrected chi connectivity index (χ0v) is 14.6. The van der Waals surface area contributed by atoms with Gasteiger partial charge in [0.1, 0.15) is 5.82 Å². The number of likely N-dealkylation sites (tertiary alicyclic amines) is 1. The van der Waals surface area contributed by atoms with Crippen molar-refractivity contribution in [3.63, 3.8) is 0 Å². The molecule has 1 atom stereocenters. The van der Waals surface area contributed by atoms with E-state index in [9.17, 15) is 9.18 Å². The summed E-state index contributed by atoms with van der Waals surface area (Å²) in [4.78, 5) is 17.1. The summed E-state index contributed by atoms with van der Waals surface area (Å²) in [5.41, 5.74) is 0.614. The summed E-state index contributed by atoms with van der Waals surface area (Å²) in [6.07, 6.45) is 6.63. The van der Waals surface area contributed by atoms with Crippen LogP contribution in [0.5, 0.6) is 0 Å². The quantitative estimate of drug-likeness (QED) is 0.599. The Bertz CT molecular complexity index is 644. The molecule has 1 aromatic rings. The van der Waals surface area contributed by atoms with Crippen molar-refractivity contribution in [3.05, 3.63) is 41.2 Å². The summed E-state index contributed by atoms with van der Waals surface area (Å²) in [7, 11) is 0. The van der Waals surface area contributed by atoms with E-state index >= 15 is 0 Å². The molecule has 0 aromatic heterocycles. The molecule has 1 amide bonds. The number of hydrogen-bond donors (Lipinski definition) is 0. The van der Waals surface area contributed by atoms with Crippen molar-refractivity contribution < 1.29 is 9.18 Å². The molecular weight excluding hydrogens is 331 g/mol. The normalized spacial score (nSPS) is 23.9. The van der Waals surface area contributed by atoms with E-state index in [0.717, 1.165) is 19.4 Å². The Morgan fingerprint density at radius 1 is 1.35 bits per heavy atom. The van der Waals surface area contributed by atoms with Gasteiger partial charge in [0.25, 0.3) is 5.91 Å².